The number of aryl methyl sites for hydroxylation is 2. The number of aromatic nitrogens is 1. The van der Waals surface area contributed by atoms with Crippen LogP contribution in [0.15, 0.2) is 24.4 Å². The van der Waals surface area contributed by atoms with Gasteiger partial charge in [0.05, 0.1) is 5.56 Å². The first-order valence-corrected chi connectivity index (χ1v) is 5.18. The molecule has 0 aliphatic heterocycles. The molecule has 0 bridgehead atoms. The van der Waals surface area contributed by atoms with Crippen molar-refractivity contribution in [1.29, 1.82) is 0 Å². The van der Waals surface area contributed by atoms with E-state index < -0.39 is 11.0 Å². The van der Waals surface area contributed by atoms with Gasteiger partial charge in [-0.2, -0.15) is 0 Å². The van der Waals surface area contributed by atoms with Crippen molar-refractivity contribution in [1.82, 2.24) is 4.57 Å². The van der Waals surface area contributed by atoms with Crippen molar-refractivity contribution < 1.29 is 9.59 Å². The number of carbonyl (C=O) groups excluding carboxylic acids is 2. The van der Waals surface area contributed by atoms with E-state index in [-0.39, 0.29) is 0 Å². The Morgan fingerprint density at radius 1 is 1.31 bits per heavy atom. The maximum Gasteiger partial charge on any atom is 0.293 e. The molecule has 2 aromatic rings. The summed E-state index contributed by atoms with van der Waals surface area (Å²) in [5.41, 5.74) is 2.38. The average Bonchev–Trinajstić information content (AvgIpc) is 2.55. The van der Waals surface area contributed by atoms with Crippen LogP contribution in [0.25, 0.3) is 10.9 Å². The fourth-order valence-electron chi connectivity index (χ4n) is 1.78. The van der Waals surface area contributed by atoms with Gasteiger partial charge in [0.15, 0.2) is 0 Å². The summed E-state index contributed by atoms with van der Waals surface area (Å²) in [7, 11) is 1.83. The number of hydrogen-bond acceptors (Lipinski definition) is 2. The Morgan fingerprint density at radius 2 is 2.00 bits per heavy atom. The minimum Gasteiger partial charge on any atom is -0.350 e. The van der Waals surface area contributed by atoms with Crippen LogP contribution >= 0.6 is 11.6 Å². The zero-order valence-electron chi connectivity index (χ0n) is 8.95. The molecule has 0 fully saturated rings. The van der Waals surface area contributed by atoms with Crippen LogP contribution in [0.1, 0.15) is 15.9 Å². The van der Waals surface area contributed by atoms with Gasteiger partial charge < -0.3 is 4.57 Å². The molecule has 2 rings (SSSR count). The first kappa shape index (κ1) is 10.9. The molecule has 4 heteroatoms. The number of ketones is 1. The lowest BCUT2D eigenvalue weighted by molar-refractivity contribution is -0.108. The number of rotatable bonds is 2. The van der Waals surface area contributed by atoms with Gasteiger partial charge in [0.25, 0.3) is 5.24 Å². The fraction of sp³-hybridized carbons (Fsp3) is 0.167. The second-order valence-corrected chi connectivity index (χ2v) is 4.12. The Labute approximate surface area is 97.6 Å². The number of carbonyl (C=O) groups is 2. The Kier molecular flexibility index (Phi) is 2.56. The number of Topliss-reactive ketones (excluding diaryl/α,β-unsaturated/α-hetero) is 1. The molecule has 3 nitrogen and oxygen atoms in total. The SMILES string of the molecule is Cc1ccc2c(C(=O)C(=O)Cl)cn(C)c2c1. The second-order valence-electron chi connectivity index (χ2n) is 3.78. The van der Waals surface area contributed by atoms with E-state index in [1.807, 2.05) is 36.7 Å². The summed E-state index contributed by atoms with van der Waals surface area (Å²) in [6.07, 6.45) is 1.63. The zero-order valence-corrected chi connectivity index (χ0v) is 9.71. The van der Waals surface area contributed by atoms with Crippen LogP contribution in [0.2, 0.25) is 0 Å². The highest BCUT2D eigenvalue weighted by atomic mass is 35.5. The van der Waals surface area contributed by atoms with Crippen molar-refractivity contribution >= 4 is 33.5 Å². The van der Waals surface area contributed by atoms with Gasteiger partial charge in [-0.25, -0.2) is 0 Å². The molecule has 1 aromatic heterocycles. The van der Waals surface area contributed by atoms with Gasteiger partial charge in [0.2, 0.25) is 5.78 Å². The highest BCUT2D eigenvalue weighted by molar-refractivity contribution is 6.83. The quantitative estimate of drug-likeness (QED) is 0.456. The van der Waals surface area contributed by atoms with E-state index in [0.29, 0.717) is 5.56 Å². The second kappa shape index (κ2) is 3.76. The van der Waals surface area contributed by atoms with Crippen molar-refractivity contribution in [3.8, 4) is 0 Å². The van der Waals surface area contributed by atoms with Crippen LogP contribution in [0.4, 0.5) is 0 Å². The minimum atomic E-state index is -0.951. The predicted molar refractivity (Wildman–Crippen MR) is 62.8 cm³/mol. The van der Waals surface area contributed by atoms with Crippen LogP contribution < -0.4 is 0 Å². The van der Waals surface area contributed by atoms with Crippen molar-refractivity contribution in [2.75, 3.05) is 0 Å². The van der Waals surface area contributed by atoms with Crippen molar-refractivity contribution in [3.05, 3.63) is 35.5 Å². The summed E-state index contributed by atoms with van der Waals surface area (Å²) >= 11 is 5.21. The summed E-state index contributed by atoms with van der Waals surface area (Å²) < 4.78 is 1.81. The number of hydrogen-bond donors (Lipinski definition) is 0. The van der Waals surface area contributed by atoms with E-state index in [0.717, 1.165) is 16.5 Å². The number of benzene rings is 1. The van der Waals surface area contributed by atoms with E-state index in [1.54, 1.807) is 6.20 Å². The lowest BCUT2D eigenvalue weighted by atomic mass is 10.1. The van der Waals surface area contributed by atoms with Gasteiger partial charge >= 0.3 is 0 Å². The zero-order chi connectivity index (χ0) is 11.9. The molecule has 0 spiro atoms. The minimum absolute atomic E-state index is 0.359. The molecule has 0 amide bonds. The third kappa shape index (κ3) is 1.63. The first-order chi connectivity index (χ1) is 7.50. The van der Waals surface area contributed by atoms with Crippen LogP contribution in [0, 0.1) is 6.92 Å². The highest BCUT2D eigenvalue weighted by Crippen LogP contribution is 2.22. The third-order valence-corrected chi connectivity index (χ3v) is 2.74. The van der Waals surface area contributed by atoms with E-state index in [9.17, 15) is 9.59 Å². The maximum atomic E-state index is 11.6. The number of halogens is 1. The van der Waals surface area contributed by atoms with Crippen LogP contribution in [-0.2, 0) is 11.8 Å². The number of nitrogens with zero attached hydrogens (tertiary/aromatic N) is 1. The first-order valence-electron chi connectivity index (χ1n) is 4.80. The molecule has 0 aliphatic rings. The van der Waals surface area contributed by atoms with Crippen molar-refractivity contribution in [2.24, 2.45) is 7.05 Å². The summed E-state index contributed by atoms with van der Waals surface area (Å²) in [5.74, 6) is -0.656. The van der Waals surface area contributed by atoms with Gasteiger partial charge in [0.1, 0.15) is 0 Å². The van der Waals surface area contributed by atoms with E-state index >= 15 is 0 Å². The normalized spacial score (nSPS) is 10.7. The summed E-state index contributed by atoms with van der Waals surface area (Å²) in [4.78, 5) is 22.4. The Morgan fingerprint density at radius 3 is 2.62 bits per heavy atom. The molecule has 0 atom stereocenters. The molecular weight excluding hydrogens is 226 g/mol. The van der Waals surface area contributed by atoms with Gasteiger partial charge in [-0.1, -0.05) is 12.1 Å². The highest BCUT2D eigenvalue weighted by Gasteiger charge is 2.18. The van der Waals surface area contributed by atoms with Crippen molar-refractivity contribution in [3.63, 3.8) is 0 Å². The molecule has 16 heavy (non-hydrogen) atoms. The van der Waals surface area contributed by atoms with E-state index in [4.69, 9.17) is 11.6 Å². The van der Waals surface area contributed by atoms with Gasteiger partial charge in [0, 0.05) is 24.1 Å². The number of fused-ring (bicyclic) bond motifs is 1. The molecule has 0 saturated heterocycles. The van der Waals surface area contributed by atoms with Gasteiger partial charge in [-0.15, -0.1) is 0 Å². The standard InChI is InChI=1S/C12H10ClNO2/c1-7-3-4-8-9(11(15)12(13)16)6-14(2)10(8)5-7/h3-6H,1-2H3. The molecule has 0 unspecified atom stereocenters. The predicted octanol–water partition coefficient (Wildman–Crippen LogP) is 2.43. The summed E-state index contributed by atoms with van der Waals surface area (Å²) in [5, 5.41) is -0.194. The molecule has 1 heterocycles. The Bertz CT molecular complexity index is 598. The molecule has 0 saturated carbocycles. The molecule has 0 aliphatic carbocycles. The van der Waals surface area contributed by atoms with Gasteiger partial charge in [-0.3, -0.25) is 9.59 Å². The summed E-state index contributed by atoms with van der Waals surface area (Å²) in [6, 6.07) is 5.69. The molecular formula is C12H10ClNO2. The lowest BCUT2D eigenvalue weighted by Crippen LogP contribution is -2.06. The monoisotopic (exact) mass is 235 g/mol. The topological polar surface area (TPSA) is 39.1 Å². The maximum absolute atomic E-state index is 11.6. The van der Waals surface area contributed by atoms with Crippen LogP contribution in [0.5, 0.6) is 0 Å². The third-order valence-electron chi connectivity index (χ3n) is 2.57. The van der Waals surface area contributed by atoms with Crippen molar-refractivity contribution in [2.45, 2.75) is 6.92 Å². The van der Waals surface area contributed by atoms with E-state index in [2.05, 4.69) is 0 Å². The average molecular weight is 236 g/mol. The Hall–Kier alpha value is -1.61. The molecule has 0 N–H and O–H groups in total. The fourth-order valence-corrected chi connectivity index (χ4v) is 1.88. The molecule has 82 valence electrons. The molecule has 1 aromatic carbocycles. The van der Waals surface area contributed by atoms with Gasteiger partial charge in [-0.05, 0) is 30.2 Å². The lowest BCUT2D eigenvalue weighted by Gasteiger charge is -1.97. The van der Waals surface area contributed by atoms with Crippen LogP contribution in [0.3, 0.4) is 0 Å². The largest absolute Gasteiger partial charge is 0.350 e. The van der Waals surface area contributed by atoms with E-state index in [1.165, 1.54) is 0 Å². The molecule has 0 radical (unpaired) electrons. The smallest absolute Gasteiger partial charge is 0.293 e. The van der Waals surface area contributed by atoms with Crippen LogP contribution in [-0.4, -0.2) is 15.6 Å². The summed E-state index contributed by atoms with van der Waals surface area (Å²) in [6.45, 7) is 1.97. The Balaban J connectivity index is 2.73.